The fourth-order valence-corrected chi connectivity index (χ4v) is 2.66. The first kappa shape index (κ1) is 15.2. The Labute approximate surface area is 120 Å². The molecule has 1 heterocycles. The standard InChI is InChI=1S/C10H10N4O5S2/c11-7-1-3-8(4-2-7)20(15,16)14-10-12-5-9(6-13-10)21(17,18)19/h1-6H,11H2,(H,12,13,14)(H,17,18,19). The zero-order valence-corrected chi connectivity index (χ0v) is 12.0. The van der Waals surface area contributed by atoms with Crippen LogP contribution in [0.3, 0.4) is 0 Å². The van der Waals surface area contributed by atoms with Crippen LogP contribution in [0.25, 0.3) is 0 Å². The van der Waals surface area contributed by atoms with Crippen molar-refractivity contribution in [2.75, 3.05) is 10.5 Å². The maximum absolute atomic E-state index is 12.0. The molecule has 2 aromatic rings. The third kappa shape index (κ3) is 3.65. The van der Waals surface area contributed by atoms with Gasteiger partial charge in [0.2, 0.25) is 5.95 Å². The Kier molecular flexibility index (Phi) is 3.80. The number of sulfonamides is 1. The number of aromatic nitrogens is 2. The summed E-state index contributed by atoms with van der Waals surface area (Å²) in [4.78, 5) is 6.42. The molecule has 0 fully saturated rings. The van der Waals surface area contributed by atoms with Gasteiger partial charge in [0.15, 0.2) is 0 Å². The van der Waals surface area contributed by atoms with Crippen molar-refractivity contribution in [3.8, 4) is 0 Å². The molecular formula is C10H10N4O5S2. The first-order chi connectivity index (χ1) is 9.68. The fourth-order valence-electron chi connectivity index (χ4n) is 1.33. The number of anilines is 2. The van der Waals surface area contributed by atoms with Crippen LogP contribution in [0.5, 0.6) is 0 Å². The van der Waals surface area contributed by atoms with Crippen LogP contribution in [-0.4, -0.2) is 31.4 Å². The number of nitrogens with one attached hydrogen (secondary N) is 1. The second kappa shape index (κ2) is 5.27. The van der Waals surface area contributed by atoms with Crippen molar-refractivity contribution < 1.29 is 21.4 Å². The van der Waals surface area contributed by atoms with E-state index >= 15 is 0 Å². The lowest BCUT2D eigenvalue weighted by Gasteiger charge is -2.06. The van der Waals surface area contributed by atoms with Crippen LogP contribution < -0.4 is 10.5 Å². The molecule has 21 heavy (non-hydrogen) atoms. The highest BCUT2D eigenvalue weighted by molar-refractivity contribution is 7.92. The monoisotopic (exact) mass is 330 g/mol. The summed E-state index contributed by atoms with van der Waals surface area (Å²) in [7, 11) is -8.36. The van der Waals surface area contributed by atoms with Crippen LogP contribution in [-0.2, 0) is 20.1 Å². The molecule has 0 amide bonds. The maximum Gasteiger partial charge on any atom is 0.297 e. The molecule has 0 saturated carbocycles. The molecule has 1 aromatic carbocycles. The molecule has 11 heteroatoms. The topological polar surface area (TPSA) is 152 Å². The van der Waals surface area contributed by atoms with E-state index in [-0.39, 0.29) is 10.8 Å². The zero-order chi connectivity index (χ0) is 15.7. The van der Waals surface area contributed by atoms with E-state index in [9.17, 15) is 16.8 Å². The maximum atomic E-state index is 12.0. The van der Waals surface area contributed by atoms with Crippen LogP contribution in [0, 0.1) is 0 Å². The number of rotatable bonds is 4. The third-order valence-electron chi connectivity index (χ3n) is 2.34. The summed E-state index contributed by atoms with van der Waals surface area (Å²) >= 11 is 0. The summed E-state index contributed by atoms with van der Waals surface area (Å²) in [6.45, 7) is 0. The van der Waals surface area contributed by atoms with E-state index in [1.54, 1.807) is 0 Å². The SMILES string of the molecule is Nc1ccc(S(=O)(=O)Nc2ncc(S(=O)(=O)O)cn2)cc1. The predicted octanol–water partition coefficient (Wildman–Crippen LogP) is 0.106. The van der Waals surface area contributed by atoms with Gasteiger partial charge in [0.25, 0.3) is 20.1 Å². The zero-order valence-electron chi connectivity index (χ0n) is 10.3. The minimum absolute atomic E-state index is 0.0563. The van der Waals surface area contributed by atoms with Crippen LogP contribution in [0.1, 0.15) is 0 Å². The molecule has 112 valence electrons. The van der Waals surface area contributed by atoms with Crippen molar-refractivity contribution in [3.63, 3.8) is 0 Å². The lowest BCUT2D eigenvalue weighted by molar-refractivity contribution is 0.482. The van der Waals surface area contributed by atoms with Gasteiger partial charge in [-0.25, -0.2) is 23.1 Å². The summed E-state index contributed by atoms with van der Waals surface area (Å²) in [5.41, 5.74) is 5.86. The van der Waals surface area contributed by atoms with Gasteiger partial charge in [-0.1, -0.05) is 0 Å². The van der Waals surface area contributed by atoms with Gasteiger partial charge in [-0.2, -0.15) is 8.42 Å². The van der Waals surface area contributed by atoms with Crippen LogP contribution in [0.2, 0.25) is 0 Å². The number of nitrogen functional groups attached to an aromatic ring is 1. The second-order valence-electron chi connectivity index (χ2n) is 3.89. The molecule has 0 aliphatic carbocycles. The molecule has 1 aromatic heterocycles. The molecule has 2 rings (SSSR count). The Hall–Kier alpha value is -2.24. The van der Waals surface area contributed by atoms with E-state index in [1.807, 2.05) is 0 Å². The number of nitrogens with zero attached hydrogens (tertiary/aromatic N) is 2. The summed E-state index contributed by atoms with van der Waals surface area (Å²) < 4.78 is 56.4. The van der Waals surface area contributed by atoms with E-state index in [1.165, 1.54) is 24.3 Å². The average molecular weight is 330 g/mol. The highest BCUT2D eigenvalue weighted by Crippen LogP contribution is 2.15. The number of benzene rings is 1. The van der Waals surface area contributed by atoms with Gasteiger partial charge in [-0.15, -0.1) is 0 Å². The first-order valence-electron chi connectivity index (χ1n) is 5.36. The molecule has 0 aliphatic heterocycles. The molecular weight excluding hydrogens is 320 g/mol. The van der Waals surface area contributed by atoms with Gasteiger partial charge in [-0.05, 0) is 24.3 Å². The minimum Gasteiger partial charge on any atom is -0.399 e. The van der Waals surface area contributed by atoms with Crippen LogP contribution >= 0.6 is 0 Å². The van der Waals surface area contributed by atoms with Gasteiger partial charge < -0.3 is 5.73 Å². The highest BCUT2D eigenvalue weighted by Gasteiger charge is 2.16. The summed E-state index contributed by atoms with van der Waals surface area (Å²) in [6, 6.07) is 5.42. The van der Waals surface area contributed by atoms with Gasteiger partial charge >= 0.3 is 0 Å². The summed E-state index contributed by atoms with van der Waals surface area (Å²) in [5.74, 6) is -0.334. The van der Waals surface area contributed by atoms with Crippen molar-refractivity contribution in [2.24, 2.45) is 0 Å². The first-order valence-corrected chi connectivity index (χ1v) is 8.29. The van der Waals surface area contributed by atoms with Gasteiger partial charge in [-0.3, -0.25) is 4.55 Å². The van der Waals surface area contributed by atoms with Gasteiger partial charge in [0.05, 0.1) is 17.3 Å². The van der Waals surface area contributed by atoms with Crippen LogP contribution in [0.15, 0.2) is 46.5 Å². The van der Waals surface area contributed by atoms with Crippen molar-refractivity contribution in [1.82, 2.24) is 9.97 Å². The van der Waals surface area contributed by atoms with Crippen molar-refractivity contribution >= 4 is 31.8 Å². The van der Waals surface area contributed by atoms with E-state index in [0.29, 0.717) is 5.69 Å². The number of hydrogen-bond donors (Lipinski definition) is 3. The quantitative estimate of drug-likeness (QED) is 0.527. The van der Waals surface area contributed by atoms with E-state index in [4.69, 9.17) is 10.3 Å². The Bertz CT molecular complexity index is 845. The molecule has 0 unspecified atom stereocenters. The molecule has 0 bridgehead atoms. The Balaban J connectivity index is 2.27. The second-order valence-corrected chi connectivity index (χ2v) is 7.00. The average Bonchev–Trinajstić information content (AvgIpc) is 2.38. The minimum atomic E-state index is -4.44. The van der Waals surface area contributed by atoms with E-state index < -0.39 is 25.0 Å². The highest BCUT2D eigenvalue weighted by atomic mass is 32.2. The van der Waals surface area contributed by atoms with Crippen LogP contribution in [0.4, 0.5) is 11.6 Å². The lowest BCUT2D eigenvalue weighted by atomic mass is 10.3. The Morgan fingerprint density at radius 2 is 1.48 bits per heavy atom. The molecule has 0 aliphatic rings. The molecule has 0 radical (unpaired) electrons. The summed E-state index contributed by atoms with van der Waals surface area (Å²) in [6.07, 6.45) is 1.56. The van der Waals surface area contributed by atoms with Gasteiger partial charge in [0.1, 0.15) is 4.90 Å². The third-order valence-corrected chi connectivity index (χ3v) is 4.49. The lowest BCUT2D eigenvalue weighted by Crippen LogP contribution is -2.15. The smallest absolute Gasteiger partial charge is 0.297 e. The fraction of sp³-hybridized carbons (Fsp3) is 0. The molecule has 9 nitrogen and oxygen atoms in total. The molecule has 0 atom stereocenters. The Morgan fingerprint density at radius 3 is 1.95 bits per heavy atom. The molecule has 0 saturated heterocycles. The number of nitrogens with two attached hydrogens (primary N) is 1. The van der Waals surface area contributed by atoms with Crippen molar-refractivity contribution in [3.05, 3.63) is 36.7 Å². The van der Waals surface area contributed by atoms with E-state index in [2.05, 4.69) is 14.7 Å². The summed E-state index contributed by atoms with van der Waals surface area (Å²) in [5, 5.41) is 0. The molecule has 4 N–H and O–H groups in total. The van der Waals surface area contributed by atoms with Crippen molar-refractivity contribution in [2.45, 2.75) is 9.79 Å². The largest absolute Gasteiger partial charge is 0.399 e. The van der Waals surface area contributed by atoms with Crippen molar-refractivity contribution in [1.29, 1.82) is 0 Å². The predicted molar refractivity (Wildman–Crippen MR) is 73.5 cm³/mol. The van der Waals surface area contributed by atoms with Gasteiger partial charge in [0, 0.05) is 5.69 Å². The molecule has 0 spiro atoms. The normalized spacial score (nSPS) is 12.0. The Morgan fingerprint density at radius 1 is 0.952 bits per heavy atom. The number of hydrogen-bond acceptors (Lipinski definition) is 7. The van der Waals surface area contributed by atoms with E-state index in [0.717, 1.165) is 12.4 Å².